The quantitative estimate of drug-likeness (QED) is 0.638. The molecule has 3 saturated heterocycles. The smallest absolute Gasteiger partial charge is 0.253 e. The standard InChI is InChI=1S/C23H32ClN3O5S/c1-16-14-27(15-17(2)32-16)33(30,31)21-13-19(5-6-20(21)24)23(29)26-11-7-18(8-12-26)22(28)25-9-3-4-10-25/h5-6,13,16-18H,3-4,7-12,14-15H2,1-2H3. The lowest BCUT2D eigenvalue weighted by atomic mass is 9.95. The van der Waals surface area contributed by atoms with Gasteiger partial charge >= 0.3 is 0 Å². The van der Waals surface area contributed by atoms with Gasteiger partial charge in [0.15, 0.2) is 0 Å². The number of nitrogens with zero attached hydrogens (tertiary/aromatic N) is 3. The number of amides is 2. The molecule has 0 aliphatic carbocycles. The zero-order chi connectivity index (χ0) is 23.8. The SMILES string of the molecule is CC1CN(S(=O)(=O)c2cc(C(=O)N3CCC(C(=O)N4CCCC4)CC3)ccc2Cl)CC(C)O1. The van der Waals surface area contributed by atoms with Crippen molar-refractivity contribution in [2.45, 2.75) is 56.6 Å². The van der Waals surface area contributed by atoms with Crippen LogP contribution in [0, 0.1) is 5.92 Å². The minimum atomic E-state index is -3.87. The molecule has 10 heteroatoms. The fourth-order valence-electron chi connectivity index (χ4n) is 5.01. The van der Waals surface area contributed by atoms with Crippen LogP contribution < -0.4 is 0 Å². The van der Waals surface area contributed by atoms with Crippen LogP contribution in [-0.4, -0.2) is 85.8 Å². The van der Waals surface area contributed by atoms with Crippen molar-refractivity contribution < 1.29 is 22.7 Å². The largest absolute Gasteiger partial charge is 0.373 e. The second-order valence-corrected chi connectivity index (χ2v) is 11.6. The lowest BCUT2D eigenvalue weighted by molar-refractivity contribution is -0.135. The van der Waals surface area contributed by atoms with Gasteiger partial charge in [-0.2, -0.15) is 4.31 Å². The summed E-state index contributed by atoms with van der Waals surface area (Å²) in [6.45, 7) is 6.76. The zero-order valence-corrected chi connectivity index (χ0v) is 20.8. The number of hydrogen-bond donors (Lipinski definition) is 0. The molecule has 2 atom stereocenters. The summed E-state index contributed by atoms with van der Waals surface area (Å²) in [4.78, 5) is 29.4. The van der Waals surface area contributed by atoms with Crippen molar-refractivity contribution in [3.8, 4) is 0 Å². The van der Waals surface area contributed by atoms with Gasteiger partial charge in [0.05, 0.1) is 17.2 Å². The molecule has 3 heterocycles. The van der Waals surface area contributed by atoms with Crippen LogP contribution in [0.5, 0.6) is 0 Å². The summed E-state index contributed by atoms with van der Waals surface area (Å²) in [6.07, 6.45) is 2.93. The normalized spacial score (nSPS) is 25.4. The van der Waals surface area contributed by atoms with Crippen molar-refractivity contribution in [3.63, 3.8) is 0 Å². The summed E-state index contributed by atoms with van der Waals surface area (Å²) >= 11 is 6.28. The van der Waals surface area contributed by atoms with Gasteiger partial charge in [-0.15, -0.1) is 0 Å². The van der Waals surface area contributed by atoms with Crippen LogP contribution in [0.3, 0.4) is 0 Å². The topological polar surface area (TPSA) is 87.2 Å². The molecule has 2 unspecified atom stereocenters. The molecule has 2 amide bonds. The van der Waals surface area contributed by atoms with Crippen molar-refractivity contribution in [2.75, 3.05) is 39.3 Å². The fourth-order valence-corrected chi connectivity index (χ4v) is 7.10. The van der Waals surface area contributed by atoms with Gasteiger partial charge in [0.1, 0.15) is 4.90 Å². The van der Waals surface area contributed by atoms with E-state index in [0.717, 1.165) is 25.9 Å². The van der Waals surface area contributed by atoms with E-state index in [0.29, 0.717) is 25.9 Å². The highest BCUT2D eigenvalue weighted by Gasteiger charge is 2.35. The van der Waals surface area contributed by atoms with E-state index in [9.17, 15) is 18.0 Å². The molecule has 3 fully saturated rings. The summed E-state index contributed by atoms with van der Waals surface area (Å²) in [5.74, 6) is -0.0778. The van der Waals surface area contributed by atoms with Crippen LogP contribution in [-0.2, 0) is 19.6 Å². The summed E-state index contributed by atoms with van der Waals surface area (Å²) in [5.41, 5.74) is 0.289. The maximum absolute atomic E-state index is 13.3. The first-order valence-electron chi connectivity index (χ1n) is 11.7. The van der Waals surface area contributed by atoms with Gasteiger partial charge in [0.2, 0.25) is 15.9 Å². The molecule has 0 N–H and O–H groups in total. The van der Waals surface area contributed by atoms with E-state index >= 15 is 0 Å². The van der Waals surface area contributed by atoms with Gasteiger partial charge in [-0.1, -0.05) is 11.6 Å². The molecule has 4 rings (SSSR count). The van der Waals surface area contributed by atoms with Crippen molar-refractivity contribution in [1.29, 1.82) is 0 Å². The number of likely N-dealkylation sites (tertiary alicyclic amines) is 2. The molecule has 1 aromatic rings. The van der Waals surface area contributed by atoms with Gasteiger partial charge in [0.25, 0.3) is 5.91 Å². The van der Waals surface area contributed by atoms with Crippen molar-refractivity contribution in [2.24, 2.45) is 5.92 Å². The van der Waals surface area contributed by atoms with Gasteiger partial charge in [-0.25, -0.2) is 8.42 Å². The molecular weight excluding hydrogens is 466 g/mol. The lowest BCUT2D eigenvalue weighted by Crippen LogP contribution is -2.48. The van der Waals surface area contributed by atoms with Crippen molar-refractivity contribution >= 4 is 33.4 Å². The van der Waals surface area contributed by atoms with E-state index < -0.39 is 10.0 Å². The summed E-state index contributed by atoms with van der Waals surface area (Å²) in [5, 5.41) is 0.0910. The monoisotopic (exact) mass is 497 g/mol. The molecule has 0 saturated carbocycles. The van der Waals surface area contributed by atoms with Crippen LogP contribution in [0.2, 0.25) is 5.02 Å². The number of benzene rings is 1. The van der Waals surface area contributed by atoms with Gasteiger partial charge < -0.3 is 14.5 Å². The first-order valence-corrected chi connectivity index (χ1v) is 13.5. The lowest BCUT2D eigenvalue weighted by Gasteiger charge is -2.35. The minimum absolute atomic E-state index is 0.0430. The highest BCUT2D eigenvalue weighted by atomic mass is 35.5. The van der Waals surface area contributed by atoms with Crippen LogP contribution in [0.15, 0.2) is 23.1 Å². The average molecular weight is 498 g/mol. The summed E-state index contributed by atoms with van der Waals surface area (Å²) in [7, 11) is -3.87. The third kappa shape index (κ3) is 5.21. The van der Waals surface area contributed by atoms with Crippen molar-refractivity contribution in [3.05, 3.63) is 28.8 Å². The Balaban J connectivity index is 1.46. The molecule has 0 bridgehead atoms. The zero-order valence-electron chi connectivity index (χ0n) is 19.2. The van der Waals surface area contributed by atoms with Crippen LogP contribution >= 0.6 is 11.6 Å². The number of sulfonamides is 1. The predicted octanol–water partition coefficient (Wildman–Crippen LogP) is 2.61. The molecule has 3 aliphatic rings. The van der Waals surface area contributed by atoms with Crippen LogP contribution in [0.4, 0.5) is 0 Å². The Bertz CT molecular complexity index is 993. The number of carbonyl (C=O) groups is 2. The Morgan fingerprint density at radius 1 is 0.970 bits per heavy atom. The Labute approximate surface area is 200 Å². The number of rotatable bonds is 4. The Hall–Kier alpha value is -1.68. The Kier molecular flexibility index (Phi) is 7.33. The number of hydrogen-bond acceptors (Lipinski definition) is 5. The second kappa shape index (κ2) is 9.90. The van der Waals surface area contributed by atoms with E-state index in [1.165, 1.54) is 16.4 Å². The van der Waals surface area contributed by atoms with E-state index in [1.54, 1.807) is 11.0 Å². The average Bonchev–Trinajstić information content (AvgIpc) is 3.33. The number of ether oxygens (including phenoxy) is 1. The first-order chi connectivity index (χ1) is 15.7. The Morgan fingerprint density at radius 2 is 1.58 bits per heavy atom. The maximum Gasteiger partial charge on any atom is 0.253 e. The van der Waals surface area contributed by atoms with E-state index in [4.69, 9.17) is 16.3 Å². The number of piperidine rings is 1. The first kappa shape index (κ1) is 24.4. The number of carbonyl (C=O) groups excluding carboxylic acids is 2. The third-order valence-electron chi connectivity index (χ3n) is 6.73. The van der Waals surface area contributed by atoms with Gasteiger partial charge in [-0.05, 0) is 57.7 Å². The Morgan fingerprint density at radius 3 is 2.18 bits per heavy atom. The van der Waals surface area contributed by atoms with Crippen LogP contribution in [0.1, 0.15) is 49.9 Å². The molecular formula is C23H32ClN3O5S. The van der Waals surface area contributed by atoms with Gasteiger partial charge in [0, 0.05) is 50.7 Å². The summed E-state index contributed by atoms with van der Waals surface area (Å²) < 4.78 is 33.6. The number of morpholine rings is 1. The molecule has 8 nitrogen and oxygen atoms in total. The summed E-state index contributed by atoms with van der Waals surface area (Å²) in [6, 6.07) is 4.42. The molecule has 3 aliphatic heterocycles. The van der Waals surface area contributed by atoms with Crippen LogP contribution in [0.25, 0.3) is 0 Å². The maximum atomic E-state index is 13.3. The molecule has 0 spiro atoms. The predicted molar refractivity (Wildman–Crippen MR) is 125 cm³/mol. The molecule has 0 radical (unpaired) electrons. The van der Waals surface area contributed by atoms with E-state index in [-0.39, 0.29) is 58.5 Å². The highest BCUT2D eigenvalue weighted by molar-refractivity contribution is 7.89. The molecule has 182 valence electrons. The molecule has 0 aromatic heterocycles. The van der Waals surface area contributed by atoms with Gasteiger partial charge in [-0.3, -0.25) is 9.59 Å². The van der Waals surface area contributed by atoms with E-state index in [2.05, 4.69) is 0 Å². The molecule has 33 heavy (non-hydrogen) atoms. The molecule has 1 aromatic carbocycles. The van der Waals surface area contributed by atoms with E-state index in [1.807, 2.05) is 18.7 Å². The van der Waals surface area contributed by atoms with Crippen molar-refractivity contribution in [1.82, 2.24) is 14.1 Å². The highest BCUT2D eigenvalue weighted by Crippen LogP contribution is 2.29. The third-order valence-corrected chi connectivity index (χ3v) is 9.04. The number of halogens is 1. The second-order valence-electron chi connectivity index (χ2n) is 9.32. The fraction of sp³-hybridized carbons (Fsp3) is 0.652. The minimum Gasteiger partial charge on any atom is -0.373 e.